The molecule has 6 aromatic carbocycles. The molecule has 12 heterocycles. The Bertz CT molecular complexity index is 6180. The number of rotatable bonds is 12. The summed E-state index contributed by atoms with van der Waals surface area (Å²) in [6, 6.07) is 88.5. The van der Waals surface area contributed by atoms with Crippen LogP contribution in [0, 0.1) is 43.6 Å². The minimum Gasteiger partial charge on any atom is -0.500 e. The van der Waals surface area contributed by atoms with Crippen LogP contribution < -0.4 is 31.1 Å². The summed E-state index contributed by atoms with van der Waals surface area (Å²) >= 11 is 0. The van der Waals surface area contributed by atoms with Crippen molar-refractivity contribution in [1.82, 2.24) is 44.9 Å². The van der Waals surface area contributed by atoms with Crippen molar-refractivity contribution in [2.75, 3.05) is 0 Å². The Balaban J connectivity index is 0.000000153. The molecule has 18 rings (SSSR count). The van der Waals surface area contributed by atoms with Crippen LogP contribution in [0.4, 0.5) is 0 Å². The number of hydrogen-bond donors (Lipinski definition) is 0. The molecule has 0 saturated carbocycles. The van der Waals surface area contributed by atoms with Gasteiger partial charge in [-0.25, -0.2) is 4.98 Å². The summed E-state index contributed by atoms with van der Waals surface area (Å²) in [5.41, 5.74) is 17.1. The molecule has 12 nitrogen and oxygen atoms in total. The Hall–Kier alpha value is -9.68. The molecule has 3 radical (unpaired) electrons. The van der Waals surface area contributed by atoms with Crippen molar-refractivity contribution < 1.29 is 73.6 Å². The fourth-order valence-electron chi connectivity index (χ4n) is 12.9. The number of aryl methyl sites for hydroxylation is 1. The number of benzene rings is 6. The Morgan fingerprint density at radius 2 is 0.628 bits per heavy atom. The molecule has 21 heteroatoms. The first-order valence-electron chi connectivity index (χ1n) is 40.0. The molecule has 12 aromatic heterocycles. The van der Waals surface area contributed by atoms with Crippen LogP contribution in [0.5, 0.6) is 0 Å². The van der Waals surface area contributed by atoms with Crippen LogP contribution in [0.15, 0.2) is 281 Å². The topological polar surface area (TPSA) is 155 Å². The molecule has 0 unspecified atom stereocenters. The predicted molar refractivity (Wildman–Crippen MR) is 509 cm³/mol. The molecule has 18 aromatic rings. The van der Waals surface area contributed by atoms with Gasteiger partial charge in [0.2, 0.25) is 5.71 Å². The SMILES string of the molecule is C[Si](C)(C)c1ccc(-c2[c-]cccc2)nc1.C[Si](C)(C)c1ccc(-c2[c-]cccc2)nc1.C[Si](C)(C)c1ccc(-c2[c-]cccc2)nc1.C[Si](C)(C)c1ccc(-c2[c-]nc3oc4ccccc4c3c2)nc1.C[Si](C)(C)c1ccc(-c2[c-]ncc3c2oc2ccccc23)nc1.Cc1ccc2c(n1)oc1c[c-]c(-c3ccc([Si](C)(C)C)cn3)cc12.[Ir].[Ir].[Ir]. The third-order valence-electron chi connectivity index (χ3n) is 20.4. The maximum absolute atomic E-state index is 6.03. The molecule has 121 heavy (non-hydrogen) atoms. The quantitative estimate of drug-likeness (QED) is 0.0844. The van der Waals surface area contributed by atoms with Crippen molar-refractivity contribution in [2.24, 2.45) is 0 Å². The van der Waals surface area contributed by atoms with Crippen LogP contribution in [-0.4, -0.2) is 93.3 Å². The van der Waals surface area contributed by atoms with E-state index in [2.05, 4.69) is 284 Å². The van der Waals surface area contributed by atoms with Gasteiger partial charge in [-0.15, -0.1) is 143 Å². The predicted octanol–water partition coefficient (Wildman–Crippen LogP) is 22.7. The van der Waals surface area contributed by atoms with Crippen LogP contribution in [0.1, 0.15) is 5.69 Å². The minimum absolute atomic E-state index is 0. The van der Waals surface area contributed by atoms with Gasteiger partial charge in [0, 0.05) is 119 Å². The third kappa shape index (κ3) is 23.8. The van der Waals surface area contributed by atoms with Gasteiger partial charge in [0.1, 0.15) is 16.9 Å². The molecule has 0 aliphatic heterocycles. The zero-order valence-electron chi connectivity index (χ0n) is 72.2. The van der Waals surface area contributed by atoms with Crippen molar-refractivity contribution in [3.8, 4) is 67.5 Å². The summed E-state index contributed by atoms with van der Waals surface area (Å²) < 4.78 is 17.6. The Labute approximate surface area is 759 Å². The largest absolute Gasteiger partial charge is 0.500 e. The van der Waals surface area contributed by atoms with Crippen molar-refractivity contribution in [2.45, 2.75) is 125 Å². The smallest absolute Gasteiger partial charge is 0.216 e. The molecule has 0 saturated heterocycles. The van der Waals surface area contributed by atoms with E-state index < -0.39 is 48.4 Å². The van der Waals surface area contributed by atoms with E-state index in [0.29, 0.717) is 11.4 Å². The summed E-state index contributed by atoms with van der Waals surface area (Å²) in [6.07, 6.45) is 19.9. The Morgan fingerprint density at radius 3 is 1.02 bits per heavy atom. The van der Waals surface area contributed by atoms with Crippen molar-refractivity contribution >= 4 is 146 Å². The van der Waals surface area contributed by atoms with Crippen LogP contribution in [0.3, 0.4) is 0 Å². The summed E-state index contributed by atoms with van der Waals surface area (Å²) in [6.45, 7) is 43.8. The first-order valence-corrected chi connectivity index (χ1v) is 61.0. The van der Waals surface area contributed by atoms with E-state index in [1.54, 1.807) is 6.20 Å². The van der Waals surface area contributed by atoms with Crippen LogP contribution in [-0.2, 0) is 60.3 Å². The van der Waals surface area contributed by atoms with Gasteiger partial charge in [-0.3, -0.25) is 0 Å². The second kappa shape index (κ2) is 40.1. The average molecular weight is 2220 g/mol. The monoisotopic (exact) mass is 2220 g/mol. The van der Waals surface area contributed by atoms with E-state index >= 15 is 0 Å². The molecule has 0 aliphatic rings. The van der Waals surface area contributed by atoms with Crippen LogP contribution in [0.2, 0.25) is 118 Å². The molecular weight excluding hydrogens is 2120 g/mol. The average Bonchev–Trinajstić information content (AvgIpc) is 1.63. The van der Waals surface area contributed by atoms with Crippen molar-refractivity contribution in [1.29, 1.82) is 0 Å². The number of hydrogen-bond acceptors (Lipinski definition) is 12. The summed E-state index contributed by atoms with van der Waals surface area (Å²) in [5, 5.41) is 14.5. The molecular formula is C100H101Ir3N9O3Si6-6. The fourth-order valence-corrected chi connectivity index (χ4v) is 19.1. The van der Waals surface area contributed by atoms with E-state index in [0.717, 1.165) is 128 Å². The van der Waals surface area contributed by atoms with Gasteiger partial charge in [-0.05, 0) is 126 Å². The summed E-state index contributed by atoms with van der Waals surface area (Å²) in [5.74, 6) is 0. The van der Waals surface area contributed by atoms with Gasteiger partial charge in [0.25, 0.3) is 0 Å². The van der Waals surface area contributed by atoms with Gasteiger partial charge in [-0.1, -0.05) is 238 Å². The fraction of sp³-hybridized carbons (Fsp3) is 0.190. The number of aromatic nitrogens is 9. The van der Waals surface area contributed by atoms with E-state index in [1.165, 1.54) is 31.1 Å². The standard InChI is InChI=1S/C20H19N2OSi.2C19H17N2OSi.3C14H16NSi.3Ir/c1-13-5-8-16-17-11-14(6-10-19(17)23-20(16)22-13)18-9-7-15(12-21-18)24(2,3)4;1-23(2,3)14-8-9-17(20-12-14)13-10-16-15-6-4-5-7-18(15)22-19(16)21-11-13;1-23(2,3)13-8-9-17(21-10-13)16-12-20-11-15-14-6-4-5-7-18(14)22-19(15)16;3*1-16(2,3)13-9-10-14(15-11-13)12-7-5-4-6-8-12;;;/h5,7-12H,1-4H3;4-10,12H,1-3H3;4-11H,1-3H3;3*4-7,9-11H,1-3H3;;;/q6*-1;;;. The molecule has 0 atom stereocenters. The van der Waals surface area contributed by atoms with E-state index in [-0.39, 0.29) is 60.3 Å². The molecule has 0 aliphatic carbocycles. The number of fused-ring (bicyclic) bond motifs is 9. The number of furan rings is 3. The Kier molecular flexibility index (Phi) is 31.0. The molecule has 0 fully saturated rings. The van der Waals surface area contributed by atoms with Crippen molar-refractivity contribution in [3.63, 3.8) is 0 Å². The van der Waals surface area contributed by atoms with Gasteiger partial charge < -0.3 is 53.1 Å². The first-order chi connectivity index (χ1) is 56.2. The number of nitrogens with zero attached hydrogens (tertiary/aromatic N) is 9. The minimum atomic E-state index is -1.35. The molecule has 621 valence electrons. The second-order valence-corrected chi connectivity index (χ2v) is 66.1. The van der Waals surface area contributed by atoms with E-state index in [9.17, 15) is 0 Å². The molecule has 0 N–H and O–H groups in total. The normalized spacial score (nSPS) is 11.6. The van der Waals surface area contributed by atoms with E-state index in [4.69, 9.17) is 13.3 Å². The Morgan fingerprint density at radius 1 is 0.273 bits per heavy atom. The number of para-hydroxylation sites is 2. The molecule has 0 spiro atoms. The van der Waals surface area contributed by atoms with Crippen LogP contribution in [0.25, 0.3) is 134 Å². The maximum Gasteiger partial charge on any atom is 0.216 e. The van der Waals surface area contributed by atoms with E-state index in [1.807, 2.05) is 184 Å². The summed E-state index contributed by atoms with van der Waals surface area (Å²) in [7, 11) is -7.70. The summed E-state index contributed by atoms with van der Waals surface area (Å²) in [4.78, 5) is 40.5. The van der Waals surface area contributed by atoms with Gasteiger partial charge in [-0.2, -0.15) is 0 Å². The molecule has 0 bridgehead atoms. The van der Waals surface area contributed by atoms with Crippen LogP contribution >= 0.6 is 0 Å². The first kappa shape index (κ1) is 93.6. The zero-order chi connectivity index (χ0) is 83.7. The van der Waals surface area contributed by atoms with Crippen molar-refractivity contribution in [3.05, 3.63) is 310 Å². The van der Waals surface area contributed by atoms with Gasteiger partial charge >= 0.3 is 0 Å². The maximum atomic E-state index is 6.03. The number of pyridine rings is 9. The third-order valence-corrected chi connectivity index (χ3v) is 32.5. The zero-order valence-corrected chi connectivity index (χ0v) is 85.3. The van der Waals surface area contributed by atoms with Gasteiger partial charge in [0.05, 0.1) is 59.6 Å². The molecule has 0 amide bonds. The second-order valence-electron chi connectivity index (χ2n) is 35.6. The van der Waals surface area contributed by atoms with Gasteiger partial charge in [0.15, 0.2) is 0 Å².